The molecule has 3 heterocycles. The fraction of sp³-hybridized carbons (Fsp3) is 0.500. The molecular weight excluding hydrogens is 503 g/mol. The molecule has 0 saturated carbocycles. The van der Waals surface area contributed by atoms with Gasteiger partial charge in [0.15, 0.2) is 0 Å². The Morgan fingerprint density at radius 1 is 1.13 bits per heavy atom. The molecule has 2 aliphatic heterocycles. The van der Waals surface area contributed by atoms with Crippen molar-refractivity contribution >= 4 is 16.6 Å². The van der Waals surface area contributed by atoms with Crippen molar-refractivity contribution in [1.29, 1.82) is 0 Å². The van der Waals surface area contributed by atoms with Crippen molar-refractivity contribution < 1.29 is 27.1 Å². The molecule has 38 heavy (non-hydrogen) atoms. The van der Waals surface area contributed by atoms with Crippen LogP contribution in [0.5, 0.6) is 0 Å². The molecule has 1 fully saturated rings. The summed E-state index contributed by atoms with van der Waals surface area (Å²) in [6.45, 7) is 3.58. The average molecular weight is 537 g/mol. The van der Waals surface area contributed by atoms with Crippen molar-refractivity contribution in [3.8, 4) is 0 Å². The molecule has 0 amide bonds. The first-order valence-corrected chi connectivity index (χ1v) is 13.0. The first kappa shape index (κ1) is 26.9. The highest BCUT2D eigenvalue weighted by Gasteiger charge is 2.42. The van der Waals surface area contributed by atoms with Crippen LogP contribution in [-0.4, -0.2) is 77.1 Å². The minimum atomic E-state index is -2.02. The Morgan fingerprint density at radius 3 is 2.50 bits per heavy atom. The number of halogens is 5. The normalized spacial score (nSPS) is 22.3. The number of rotatable bonds is 9. The lowest BCUT2D eigenvalue weighted by molar-refractivity contribution is 0.0162. The van der Waals surface area contributed by atoms with E-state index >= 15 is 13.2 Å². The van der Waals surface area contributed by atoms with Crippen molar-refractivity contribution in [3.63, 3.8) is 0 Å². The third kappa shape index (κ3) is 5.01. The van der Waals surface area contributed by atoms with Crippen LogP contribution >= 0.6 is 0 Å². The molecular formula is C28H33F5N4O. The van der Waals surface area contributed by atoms with Crippen molar-refractivity contribution in [2.45, 2.75) is 50.5 Å². The van der Waals surface area contributed by atoms with E-state index in [1.54, 1.807) is 24.0 Å². The van der Waals surface area contributed by atoms with E-state index in [2.05, 4.69) is 15.2 Å². The number of aromatic amines is 1. The molecule has 10 heteroatoms. The highest BCUT2D eigenvalue weighted by molar-refractivity contribution is 5.86. The van der Waals surface area contributed by atoms with Gasteiger partial charge in [0.25, 0.3) is 0 Å². The van der Waals surface area contributed by atoms with Gasteiger partial charge in [0.2, 0.25) is 0 Å². The zero-order chi connectivity index (χ0) is 27.2. The molecule has 0 aliphatic carbocycles. The second-order valence-electron chi connectivity index (χ2n) is 10.9. The monoisotopic (exact) mass is 536 g/mol. The van der Waals surface area contributed by atoms with Gasteiger partial charge in [0.1, 0.15) is 23.1 Å². The first-order valence-electron chi connectivity index (χ1n) is 13.0. The van der Waals surface area contributed by atoms with Crippen LogP contribution in [-0.2, 0) is 6.42 Å². The summed E-state index contributed by atoms with van der Waals surface area (Å²) < 4.78 is 73.9. The number of benzene rings is 2. The maximum Gasteiger partial charge on any atom is 0.143 e. The Bertz CT molecular complexity index is 1280. The van der Waals surface area contributed by atoms with Crippen molar-refractivity contribution in [2.75, 3.05) is 44.8 Å². The smallest absolute Gasteiger partial charge is 0.143 e. The molecule has 5 rings (SSSR count). The molecule has 0 unspecified atom stereocenters. The van der Waals surface area contributed by atoms with E-state index in [4.69, 9.17) is 0 Å². The number of aliphatic hydroxyl groups is 1. The average Bonchev–Trinajstić information content (AvgIpc) is 3.21. The number of fused-ring (bicyclic) bond motifs is 3. The third-order valence-corrected chi connectivity index (χ3v) is 7.71. The minimum absolute atomic E-state index is 0.00875. The Morgan fingerprint density at radius 2 is 1.84 bits per heavy atom. The molecule has 2 aromatic carbocycles. The summed E-state index contributed by atoms with van der Waals surface area (Å²) in [5.41, 5.74) is -0.475. The molecule has 5 nitrogen and oxygen atoms in total. The lowest BCUT2D eigenvalue weighted by atomic mass is 9.87. The van der Waals surface area contributed by atoms with Gasteiger partial charge in [0, 0.05) is 60.1 Å². The summed E-state index contributed by atoms with van der Waals surface area (Å²) in [6.07, 6.45) is 0.798. The standard InChI is InChI=1S/C28H33F5N4O/c1-16-9-19-24-20(30)5-3-6-23(24)35-26(19)27(37(16)14-28(2,33)15-38)25-21(31)10-17(11-22(25)32)34-18-12-36(13-18)8-4-7-29/h3,5-6,10-11,16,18,27,34-35,38H,4,7-9,12-15H2,1-2H3/t16-,27-,28-/m0/s1. The Kier molecular flexibility index (Phi) is 7.41. The predicted octanol–water partition coefficient (Wildman–Crippen LogP) is 5.10. The number of nitrogens with one attached hydrogen (secondary N) is 2. The third-order valence-electron chi connectivity index (χ3n) is 7.71. The molecule has 2 aliphatic rings. The summed E-state index contributed by atoms with van der Waals surface area (Å²) in [5, 5.41) is 13.1. The molecule has 0 spiro atoms. The summed E-state index contributed by atoms with van der Waals surface area (Å²) in [7, 11) is 0. The number of H-pyrrole nitrogens is 1. The van der Waals surface area contributed by atoms with Gasteiger partial charge in [-0.2, -0.15) is 0 Å². The Labute approximate surface area is 218 Å². The summed E-state index contributed by atoms with van der Waals surface area (Å²) in [6, 6.07) is 5.59. The highest BCUT2D eigenvalue weighted by atomic mass is 19.2. The molecule has 206 valence electrons. The van der Waals surface area contributed by atoms with Crippen LogP contribution in [0.25, 0.3) is 10.9 Å². The van der Waals surface area contributed by atoms with Crippen LogP contribution in [0, 0.1) is 17.5 Å². The SMILES string of the molecule is C[C@H]1Cc2c([nH]c3cccc(F)c23)[C@H](c2c(F)cc(NC3CN(CCCF)C3)cc2F)N1C[C@](C)(F)CO. The van der Waals surface area contributed by atoms with E-state index < -0.39 is 41.8 Å². The van der Waals surface area contributed by atoms with Crippen molar-refractivity contribution in [2.24, 2.45) is 0 Å². The minimum Gasteiger partial charge on any atom is -0.393 e. The lowest BCUT2D eigenvalue weighted by Crippen LogP contribution is -2.54. The number of alkyl halides is 2. The molecule has 0 bridgehead atoms. The van der Waals surface area contributed by atoms with Gasteiger partial charge in [-0.3, -0.25) is 14.2 Å². The zero-order valence-electron chi connectivity index (χ0n) is 21.5. The van der Waals surface area contributed by atoms with Crippen molar-refractivity contribution in [3.05, 3.63) is 64.6 Å². The van der Waals surface area contributed by atoms with Gasteiger partial charge in [-0.1, -0.05) is 6.07 Å². The summed E-state index contributed by atoms with van der Waals surface area (Å²) in [4.78, 5) is 6.85. The van der Waals surface area contributed by atoms with Crippen LogP contribution in [0.3, 0.4) is 0 Å². The largest absolute Gasteiger partial charge is 0.393 e. The molecule has 1 saturated heterocycles. The molecule has 3 N–H and O–H groups in total. The van der Waals surface area contributed by atoms with E-state index in [1.807, 2.05) is 0 Å². The van der Waals surface area contributed by atoms with Gasteiger partial charge in [-0.15, -0.1) is 0 Å². The number of anilines is 1. The maximum atomic E-state index is 15.8. The van der Waals surface area contributed by atoms with Gasteiger partial charge in [0.05, 0.1) is 25.4 Å². The highest BCUT2D eigenvalue weighted by Crippen LogP contribution is 2.44. The molecule has 3 aromatic rings. The lowest BCUT2D eigenvalue weighted by Gasteiger charge is -2.43. The number of aliphatic hydroxyl groups excluding tert-OH is 1. The first-order chi connectivity index (χ1) is 18.1. The van der Waals surface area contributed by atoms with E-state index in [0.717, 1.165) is 0 Å². The number of aromatic nitrogens is 1. The van der Waals surface area contributed by atoms with Crippen LogP contribution in [0.4, 0.5) is 27.6 Å². The number of likely N-dealkylation sites (tertiary alicyclic amines) is 1. The Hall–Kier alpha value is -2.69. The Balaban J connectivity index is 1.52. The maximum absolute atomic E-state index is 15.8. The van der Waals surface area contributed by atoms with E-state index in [0.29, 0.717) is 54.6 Å². The van der Waals surface area contributed by atoms with Crippen LogP contribution < -0.4 is 5.32 Å². The van der Waals surface area contributed by atoms with E-state index in [-0.39, 0.29) is 30.5 Å². The second kappa shape index (κ2) is 10.5. The van der Waals surface area contributed by atoms with Gasteiger partial charge >= 0.3 is 0 Å². The molecule has 0 radical (unpaired) electrons. The summed E-state index contributed by atoms with van der Waals surface area (Å²) >= 11 is 0. The predicted molar refractivity (Wildman–Crippen MR) is 137 cm³/mol. The zero-order valence-corrected chi connectivity index (χ0v) is 21.5. The van der Waals surface area contributed by atoms with Crippen molar-refractivity contribution in [1.82, 2.24) is 14.8 Å². The summed E-state index contributed by atoms with van der Waals surface area (Å²) in [5.74, 6) is -2.05. The molecule has 1 aromatic heterocycles. The fourth-order valence-electron chi connectivity index (χ4n) is 5.85. The van der Waals surface area contributed by atoms with E-state index in [9.17, 15) is 13.9 Å². The van der Waals surface area contributed by atoms with Gasteiger partial charge in [-0.25, -0.2) is 17.6 Å². The quantitative estimate of drug-likeness (QED) is 0.333. The second-order valence-corrected chi connectivity index (χ2v) is 10.9. The number of hydrogen-bond donors (Lipinski definition) is 3. The fourth-order valence-corrected chi connectivity index (χ4v) is 5.85. The van der Waals surface area contributed by atoms with Gasteiger partial charge in [-0.05, 0) is 56.5 Å². The van der Waals surface area contributed by atoms with Gasteiger partial charge < -0.3 is 15.4 Å². The van der Waals surface area contributed by atoms with Crippen LogP contribution in [0.1, 0.15) is 43.1 Å². The van der Waals surface area contributed by atoms with E-state index in [1.165, 1.54) is 25.1 Å². The van der Waals surface area contributed by atoms with Crippen LogP contribution in [0.2, 0.25) is 0 Å². The topological polar surface area (TPSA) is 54.5 Å². The van der Waals surface area contributed by atoms with Crippen LogP contribution in [0.15, 0.2) is 30.3 Å². The number of hydrogen-bond acceptors (Lipinski definition) is 4. The molecule has 3 atom stereocenters. The number of nitrogens with zero attached hydrogens (tertiary/aromatic N) is 2.